The van der Waals surface area contributed by atoms with Gasteiger partial charge < -0.3 is 15.7 Å². The minimum absolute atomic E-state index is 0.0972. The first-order chi connectivity index (χ1) is 11.4. The third-order valence-corrected chi connectivity index (χ3v) is 3.89. The average molecular weight is 326 g/mol. The predicted octanol–water partition coefficient (Wildman–Crippen LogP) is 3.56. The van der Waals surface area contributed by atoms with Gasteiger partial charge in [-0.25, -0.2) is 9.59 Å². The Morgan fingerprint density at radius 3 is 2.33 bits per heavy atom. The number of benzene rings is 2. The molecule has 3 N–H and O–H groups in total. The molecule has 2 aromatic carbocycles. The normalized spacial score (nSPS) is 11.6. The van der Waals surface area contributed by atoms with Gasteiger partial charge in [0, 0.05) is 6.54 Å². The van der Waals surface area contributed by atoms with Crippen LogP contribution in [0.4, 0.5) is 4.79 Å². The van der Waals surface area contributed by atoms with Gasteiger partial charge >= 0.3 is 12.0 Å². The van der Waals surface area contributed by atoms with Crippen molar-refractivity contribution in [2.75, 3.05) is 0 Å². The van der Waals surface area contributed by atoms with Crippen LogP contribution in [0.2, 0.25) is 0 Å². The van der Waals surface area contributed by atoms with E-state index < -0.39 is 5.97 Å². The van der Waals surface area contributed by atoms with Crippen LogP contribution in [0.25, 0.3) is 0 Å². The fourth-order valence-electron chi connectivity index (χ4n) is 2.58. The molecule has 2 aromatic rings. The molecule has 1 unspecified atom stereocenters. The smallest absolute Gasteiger partial charge is 0.335 e. The van der Waals surface area contributed by atoms with Crippen LogP contribution in [0, 0.1) is 13.8 Å². The summed E-state index contributed by atoms with van der Waals surface area (Å²) in [5, 5.41) is 14.6. The van der Waals surface area contributed by atoms with Crippen LogP contribution in [0.1, 0.15) is 45.6 Å². The maximum atomic E-state index is 12.0. The summed E-state index contributed by atoms with van der Waals surface area (Å²) >= 11 is 0. The van der Waals surface area contributed by atoms with Crippen LogP contribution in [-0.4, -0.2) is 17.1 Å². The quantitative estimate of drug-likeness (QED) is 0.786. The Morgan fingerprint density at radius 1 is 1.08 bits per heavy atom. The monoisotopic (exact) mass is 326 g/mol. The van der Waals surface area contributed by atoms with E-state index in [4.69, 9.17) is 5.11 Å². The number of aromatic carboxylic acids is 1. The molecule has 5 nitrogen and oxygen atoms in total. The maximum Gasteiger partial charge on any atom is 0.335 e. The van der Waals surface area contributed by atoms with Gasteiger partial charge in [0.15, 0.2) is 0 Å². The second-order valence-corrected chi connectivity index (χ2v) is 5.91. The largest absolute Gasteiger partial charge is 0.478 e. The number of nitrogens with one attached hydrogen (secondary N) is 2. The van der Waals surface area contributed by atoms with Crippen LogP contribution in [0.3, 0.4) is 0 Å². The fraction of sp³-hybridized carbons (Fsp3) is 0.263. The van der Waals surface area contributed by atoms with Crippen molar-refractivity contribution < 1.29 is 14.7 Å². The highest BCUT2D eigenvalue weighted by molar-refractivity contribution is 5.87. The predicted molar refractivity (Wildman–Crippen MR) is 93.1 cm³/mol. The third-order valence-electron chi connectivity index (χ3n) is 3.89. The Labute approximate surface area is 141 Å². The lowest BCUT2D eigenvalue weighted by Gasteiger charge is -2.17. The summed E-state index contributed by atoms with van der Waals surface area (Å²) in [4.78, 5) is 22.8. The molecule has 126 valence electrons. The van der Waals surface area contributed by atoms with Crippen molar-refractivity contribution in [3.8, 4) is 0 Å². The highest BCUT2D eigenvalue weighted by atomic mass is 16.4. The van der Waals surface area contributed by atoms with Gasteiger partial charge in [-0.15, -0.1) is 0 Å². The zero-order chi connectivity index (χ0) is 17.7. The number of carbonyl (C=O) groups excluding carboxylic acids is 1. The van der Waals surface area contributed by atoms with Crippen LogP contribution < -0.4 is 10.6 Å². The topological polar surface area (TPSA) is 78.4 Å². The van der Waals surface area contributed by atoms with Crippen LogP contribution >= 0.6 is 0 Å². The lowest BCUT2D eigenvalue weighted by Crippen LogP contribution is -2.36. The second-order valence-electron chi connectivity index (χ2n) is 5.91. The number of carboxylic acid groups (broad SMARTS) is 1. The summed E-state index contributed by atoms with van der Waals surface area (Å²) < 4.78 is 0. The van der Waals surface area contributed by atoms with E-state index in [9.17, 15) is 9.59 Å². The van der Waals surface area contributed by atoms with Crippen molar-refractivity contribution in [2.24, 2.45) is 0 Å². The van der Waals surface area contributed by atoms with Gasteiger partial charge in [-0.1, -0.05) is 35.9 Å². The lowest BCUT2D eigenvalue weighted by atomic mass is 10.0. The SMILES string of the molecule is Cc1ccc(C(C)NC(=O)NCc2ccc(C(=O)O)cc2)c(C)c1. The molecule has 0 radical (unpaired) electrons. The highest BCUT2D eigenvalue weighted by Crippen LogP contribution is 2.18. The first-order valence-electron chi connectivity index (χ1n) is 7.80. The summed E-state index contributed by atoms with van der Waals surface area (Å²) in [5.74, 6) is -0.963. The van der Waals surface area contributed by atoms with E-state index in [0.29, 0.717) is 6.54 Å². The first-order valence-corrected chi connectivity index (χ1v) is 7.80. The second kappa shape index (κ2) is 7.64. The average Bonchev–Trinajstić information content (AvgIpc) is 2.53. The Kier molecular flexibility index (Phi) is 5.58. The standard InChI is InChI=1S/C19H22N2O3/c1-12-4-9-17(13(2)10-12)14(3)21-19(24)20-11-15-5-7-16(8-6-15)18(22)23/h4-10,14H,11H2,1-3H3,(H,22,23)(H2,20,21,24). The van der Waals surface area contributed by atoms with E-state index in [2.05, 4.69) is 16.7 Å². The van der Waals surface area contributed by atoms with Gasteiger partial charge in [-0.2, -0.15) is 0 Å². The zero-order valence-corrected chi connectivity index (χ0v) is 14.1. The number of urea groups is 1. The van der Waals surface area contributed by atoms with Gasteiger partial charge in [0.25, 0.3) is 0 Å². The maximum absolute atomic E-state index is 12.0. The molecule has 0 aliphatic rings. The molecule has 0 saturated heterocycles. The molecule has 2 amide bonds. The number of rotatable bonds is 5. The molecule has 24 heavy (non-hydrogen) atoms. The van der Waals surface area contributed by atoms with Crippen molar-refractivity contribution >= 4 is 12.0 Å². The van der Waals surface area contributed by atoms with E-state index in [0.717, 1.165) is 16.7 Å². The van der Waals surface area contributed by atoms with Crippen molar-refractivity contribution in [3.63, 3.8) is 0 Å². The Bertz CT molecular complexity index is 739. The molecule has 2 rings (SSSR count). The first kappa shape index (κ1) is 17.5. The molecule has 0 bridgehead atoms. The minimum Gasteiger partial charge on any atom is -0.478 e. The van der Waals surface area contributed by atoms with Gasteiger partial charge in [-0.3, -0.25) is 0 Å². The Hall–Kier alpha value is -2.82. The van der Waals surface area contributed by atoms with E-state index in [1.165, 1.54) is 17.7 Å². The molecule has 0 spiro atoms. The minimum atomic E-state index is -0.963. The summed E-state index contributed by atoms with van der Waals surface area (Å²) in [6.45, 7) is 6.35. The molecular formula is C19H22N2O3. The zero-order valence-electron chi connectivity index (χ0n) is 14.1. The van der Waals surface area contributed by atoms with E-state index in [-0.39, 0.29) is 17.6 Å². The van der Waals surface area contributed by atoms with E-state index in [1.54, 1.807) is 12.1 Å². The number of hydrogen-bond acceptors (Lipinski definition) is 2. The van der Waals surface area contributed by atoms with Crippen LogP contribution in [-0.2, 0) is 6.54 Å². The molecule has 0 aliphatic heterocycles. The number of carbonyl (C=O) groups is 2. The Balaban J connectivity index is 1.89. The molecule has 0 aliphatic carbocycles. The van der Waals surface area contributed by atoms with Crippen molar-refractivity contribution in [1.29, 1.82) is 0 Å². The van der Waals surface area contributed by atoms with Gasteiger partial charge in [0.1, 0.15) is 0 Å². The van der Waals surface area contributed by atoms with Crippen molar-refractivity contribution in [1.82, 2.24) is 10.6 Å². The number of aryl methyl sites for hydroxylation is 2. The van der Waals surface area contributed by atoms with Crippen LogP contribution in [0.15, 0.2) is 42.5 Å². The number of carboxylic acids is 1. The molecule has 0 aromatic heterocycles. The van der Waals surface area contributed by atoms with E-state index >= 15 is 0 Å². The highest BCUT2D eigenvalue weighted by Gasteiger charge is 2.11. The third kappa shape index (κ3) is 4.59. The van der Waals surface area contributed by atoms with Crippen molar-refractivity contribution in [3.05, 3.63) is 70.3 Å². The lowest BCUT2D eigenvalue weighted by molar-refractivity contribution is 0.0697. The van der Waals surface area contributed by atoms with Gasteiger partial charge in [0.05, 0.1) is 11.6 Å². The fourth-order valence-corrected chi connectivity index (χ4v) is 2.58. The summed E-state index contributed by atoms with van der Waals surface area (Å²) in [5.41, 5.74) is 4.49. The molecular weight excluding hydrogens is 304 g/mol. The molecule has 5 heteroatoms. The van der Waals surface area contributed by atoms with Gasteiger partial charge in [0.2, 0.25) is 0 Å². The number of hydrogen-bond donors (Lipinski definition) is 3. The van der Waals surface area contributed by atoms with Crippen molar-refractivity contribution in [2.45, 2.75) is 33.4 Å². The Morgan fingerprint density at radius 2 is 1.75 bits per heavy atom. The summed E-state index contributed by atoms with van der Waals surface area (Å²) in [6.07, 6.45) is 0. The van der Waals surface area contributed by atoms with Crippen LogP contribution in [0.5, 0.6) is 0 Å². The summed E-state index contributed by atoms with van der Waals surface area (Å²) in [6, 6.07) is 12.2. The molecule has 1 atom stereocenters. The summed E-state index contributed by atoms with van der Waals surface area (Å²) in [7, 11) is 0. The van der Waals surface area contributed by atoms with E-state index in [1.807, 2.05) is 32.9 Å². The molecule has 0 heterocycles. The molecule has 0 fully saturated rings. The molecule has 0 saturated carbocycles. The van der Waals surface area contributed by atoms with Gasteiger partial charge in [-0.05, 0) is 49.6 Å². The number of amides is 2.